The number of carbonyl (C=O) groups excluding carboxylic acids is 4. The van der Waals surface area contributed by atoms with E-state index in [4.69, 9.17) is 16.6 Å². The summed E-state index contributed by atoms with van der Waals surface area (Å²) in [6.07, 6.45) is 0.0743. The normalized spacial score (nSPS) is 16.0. The number of carbonyl (C=O) groups is 5. The van der Waals surface area contributed by atoms with Crippen LogP contribution in [0.25, 0.3) is 0 Å². The average Bonchev–Trinajstić information content (AvgIpc) is 2.61. The molecule has 0 saturated heterocycles. The van der Waals surface area contributed by atoms with Gasteiger partial charge in [0.05, 0.1) is 19.1 Å². The van der Waals surface area contributed by atoms with E-state index >= 15 is 0 Å². The number of carboxylic acids is 1. The molecule has 0 saturated carbocycles. The van der Waals surface area contributed by atoms with E-state index in [1.54, 1.807) is 13.8 Å². The van der Waals surface area contributed by atoms with Gasteiger partial charge in [-0.25, -0.2) is 0 Å². The number of aliphatic hydroxyl groups excluding tert-OH is 1. The molecule has 0 aliphatic carbocycles. The first-order valence-corrected chi connectivity index (χ1v) is 8.73. The van der Waals surface area contributed by atoms with Crippen molar-refractivity contribution in [2.24, 2.45) is 17.4 Å². The van der Waals surface area contributed by atoms with Crippen molar-refractivity contribution in [2.75, 3.05) is 6.61 Å². The number of hydrogen-bond donors (Lipinski definition) is 7. The quantitative estimate of drug-likeness (QED) is 0.175. The zero-order valence-corrected chi connectivity index (χ0v) is 16.1. The predicted molar refractivity (Wildman–Crippen MR) is 97.4 cm³/mol. The van der Waals surface area contributed by atoms with Gasteiger partial charge in [0.2, 0.25) is 23.6 Å². The molecule has 0 aromatic heterocycles. The summed E-state index contributed by atoms with van der Waals surface area (Å²) in [5.74, 6) is -4.88. The fourth-order valence-corrected chi connectivity index (χ4v) is 2.10. The van der Waals surface area contributed by atoms with Crippen LogP contribution in [0, 0.1) is 5.92 Å². The molecule has 0 aromatic carbocycles. The molecule has 12 heteroatoms. The summed E-state index contributed by atoms with van der Waals surface area (Å²) in [6, 6.07) is -4.99. The highest BCUT2D eigenvalue weighted by Gasteiger charge is 2.31. The second-order valence-electron chi connectivity index (χ2n) is 6.46. The van der Waals surface area contributed by atoms with Gasteiger partial charge >= 0.3 is 5.97 Å². The molecule has 0 heterocycles. The number of aliphatic hydroxyl groups is 1. The molecule has 0 radical (unpaired) electrons. The Morgan fingerprint density at radius 1 is 0.964 bits per heavy atom. The van der Waals surface area contributed by atoms with Gasteiger partial charge in [0, 0.05) is 0 Å². The third-order valence-electron chi connectivity index (χ3n) is 4.10. The summed E-state index contributed by atoms with van der Waals surface area (Å²) >= 11 is 0. The number of nitrogens with one attached hydrogen (secondary N) is 3. The number of carboxylic acid groups (broad SMARTS) is 1. The van der Waals surface area contributed by atoms with E-state index in [0.717, 1.165) is 0 Å². The third-order valence-corrected chi connectivity index (χ3v) is 4.10. The fourth-order valence-electron chi connectivity index (χ4n) is 2.10. The number of aliphatic carboxylic acids is 1. The highest BCUT2D eigenvalue weighted by Crippen LogP contribution is 2.09. The molecule has 0 aliphatic heterocycles. The van der Waals surface area contributed by atoms with E-state index in [9.17, 15) is 29.1 Å². The minimum absolute atomic E-state index is 0.370. The van der Waals surface area contributed by atoms with Gasteiger partial charge in [0.25, 0.3) is 0 Å². The van der Waals surface area contributed by atoms with Gasteiger partial charge in [-0.3, -0.25) is 24.0 Å². The van der Waals surface area contributed by atoms with Crippen LogP contribution in [-0.2, 0) is 24.0 Å². The highest BCUT2D eigenvalue weighted by molar-refractivity contribution is 5.95. The topological polar surface area (TPSA) is 214 Å². The number of hydrogen-bond acceptors (Lipinski definition) is 7. The monoisotopic (exact) mass is 403 g/mol. The van der Waals surface area contributed by atoms with Gasteiger partial charge in [0.1, 0.15) is 18.1 Å². The van der Waals surface area contributed by atoms with Crippen LogP contribution in [0.2, 0.25) is 0 Å². The van der Waals surface area contributed by atoms with Crippen LogP contribution < -0.4 is 27.4 Å². The number of rotatable bonds is 12. The number of nitrogens with two attached hydrogens (primary N) is 2. The summed E-state index contributed by atoms with van der Waals surface area (Å²) < 4.78 is 0. The van der Waals surface area contributed by atoms with Crippen LogP contribution in [0.15, 0.2) is 0 Å². The number of amides is 4. The summed E-state index contributed by atoms with van der Waals surface area (Å²) in [5, 5.41) is 25.0. The summed E-state index contributed by atoms with van der Waals surface area (Å²) in [4.78, 5) is 58.4. The van der Waals surface area contributed by atoms with Crippen LogP contribution in [0.1, 0.15) is 33.6 Å². The summed E-state index contributed by atoms with van der Waals surface area (Å²) in [6.45, 7) is 3.88. The molecule has 0 aliphatic rings. The molecule has 0 fully saturated rings. The fraction of sp³-hybridized carbons (Fsp3) is 0.688. The van der Waals surface area contributed by atoms with Gasteiger partial charge < -0.3 is 37.6 Å². The Kier molecular flexibility index (Phi) is 10.7. The highest BCUT2D eigenvalue weighted by atomic mass is 16.4. The SMILES string of the molecule is CCC(C)C(NC(=O)C(N)CC(N)=O)C(=O)NC(CO)C(=O)NC(C)C(=O)O. The van der Waals surface area contributed by atoms with Gasteiger partial charge in [-0.15, -0.1) is 0 Å². The first-order chi connectivity index (χ1) is 12.9. The van der Waals surface area contributed by atoms with Crippen molar-refractivity contribution in [3.8, 4) is 0 Å². The summed E-state index contributed by atoms with van der Waals surface area (Å²) in [5.41, 5.74) is 10.6. The Bertz CT molecular complexity index is 598. The van der Waals surface area contributed by atoms with E-state index < -0.39 is 66.8 Å². The van der Waals surface area contributed by atoms with E-state index in [2.05, 4.69) is 16.0 Å². The Hall–Kier alpha value is -2.73. The Labute approximate surface area is 162 Å². The van der Waals surface area contributed by atoms with Crippen molar-refractivity contribution in [1.82, 2.24) is 16.0 Å². The van der Waals surface area contributed by atoms with Crippen molar-refractivity contribution < 1.29 is 34.2 Å². The minimum atomic E-state index is -1.42. The number of primary amides is 1. The summed E-state index contributed by atoms with van der Waals surface area (Å²) in [7, 11) is 0. The molecule has 9 N–H and O–H groups in total. The molecule has 0 rings (SSSR count). The third kappa shape index (κ3) is 8.31. The van der Waals surface area contributed by atoms with E-state index in [0.29, 0.717) is 6.42 Å². The standard InChI is InChI=1S/C16H29N5O7/c1-4-7(2)12(21-13(24)9(17)5-11(18)23)15(26)20-10(6-22)14(25)19-8(3)16(27)28/h7-10,12,22H,4-6,17H2,1-3H3,(H2,18,23)(H,19,25)(H,20,26)(H,21,24)(H,27,28). The van der Waals surface area contributed by atoms with Gasteiger partial charge in [-0.05, 0) is 12.8 Å². The first kappa shape index (κ1) is 25.3. The molecule has 28 heavy (non-hydrogen) atoms. The molecule has 4 amide bonds. The van der Waals surface area contributed by atoms with E-state index in [-0.39, 0.29) is 5.92 Å². The minimum Gasteiger partial charge on any atom is -0.480 e. The van der Waals surface area contributed by atoms with Crippen molar-refractivity contribution in [1.29, 1.82) is 0 Å². The molecular formula is C16H29N5O7. The molecule has 160 valence electrons. The molecule has 12 nitrogen and oxygen atoms in total. The Morgan fingerprint density at radius 3 is 1.96 bits per heavy atom. The molecular weight excluding hydrogens is 374 g/mol. The molecule has 5 unspecified atom stereocenters. The van der Waals surface area contributed by atoms with Crippen LogP contribution in [0.5, 0.6) is 0 Å². The van der Waals surface area contributed by atoms with Gasteiger partial charge in [0.15, 0.2) is 0 Å². The van der Waals surface area contributed by atoms with E-state index in [1.165, 1.54) is 6.92 Å². The zero-order chi connectivity index (χ0) is 22.0. The molecule has 0 aromatic rings. The van der Waals surface area contributed by atoms with Crippen molar-refractivity contribution >= 4 is 29.6 Å². The van der Waals surface area contributed by atoms with Gasteiger partial charge in [-0.2, -0.15) is 0 Å². The lowest BCUT2D eigenvalue weighted by Crippen LogP contribution is -2.59. The predicted octanol–water partition coefficient (Wildman–Crippen LogP) is -3.21. The van der Waals surface area contributed by atoms with Crippen molar-refractivity contribution in [3.63, 3.8) is 0 Å². The van der Waals surface area contributed by atoms with Crippen molar-refractivity contribution in [3.05, 3.63) is 0 Å². The maximum Gasteiger partial charge on any atom is 0.325 e. The maximum atomic E-state index is 12.6. The first-order valence-electron chi connectivity index (χ1n) is 8.73. The second-order valence-corrected chi connectivity index (χ2v) is 6.46. The van der Waals surface area contributed by atoms with Crippen LogP contribution in [0.4, 0.5) is 0 Å². The van der Waals surface area contributed by atoms with Gasteiger partial charge in [-0.1, -0.05) is 20.3 Å². The Morgan fingerprint density at radius 2 is 1.54 bits per heavy atom. The molecule has 0 spiro atoms. The van der Waals surface area contributed by atoms with Crippen molar-refractivity contribution in [2.45, 2.75) is 57.8 Å². The average molecular weight is 403 g/mol. The zero-order valence-electron chi connectivity index (χ0n) is 16.1. The molecule has 0 bridgehead atoms. The smallest absolute Gasteiger partial charge is 0.325 e. The Balaban J connectivity index is 5.18. The van der Waals surface area contributed by atoms with Crippen LogP contribution in [-0.4, -0.2) is 70.6 Å². The lowest BCUT2D eigenvalue weighted by molar-refractivity contribution is -0.142. The second kappa shape index (κ2) is 11.9. The molecule has 5 atom stereocenters. The largest absolute Gasteiger partial charge is 0.480 e. The maximum absolute atomic E-state index is 12.6. The van der Waals surface area contributed by atoms with Crippen LogP contribution >= 0.6 is 0 Å². The lowest BCUT2D eigenvalue weighted by atomic mass is 9.97. The van der Waals surface area contributed by atoms with E-state index in [1.807, 2.05) is 0 Å². The van der Waals surface area contributed by atoms with Crippen LogP contribution in [0.3, 0.4) is 0 Å². The lowest BCUT2D eigenvalue weighted by Gasteiger charge is -2.27.